The zero-order chi connectivity index (χ0) is 35.3. The van der Waals surface area contributed by atoms with E-state index in [9.17, 15) is 0 Å². The Bertz CT molecular complexity index is 346. The largest absolute Gasteiger partial charge is 4.00 e. The molecule has 0 heterocycles. The topological polar surface area (TPSA) is 18.5 Å². The molecule has 50 heavy (non-hydrogen) atoms. The summed E-state index contributed by atoms with van der Waals surface area (Å²) in [5, 5.41) is 0. The van der Waals surface area contributed by atoms with Crippen LogP contribution in [0.5, 0.6) is 0 Å². The van der Waals surface area contributed by atoms with E-state index in [0.29, 0.717) is 6.61 Å². The molecule has 0 rings (SSSR count). The molecule has 0 bridgehead atoms. The smallest absolute Gasteiger partial charge is 0.382 e. The maximum Gasteiger partial charge on any atom is 4.00 e. The third-order valence-corrected chi connectivity index (χ3v) is 5.88. The van der Waals surface area contributed by atoms with Crippen LogP contribution < -0.4 is 0 Å². The number of ether oxygens (including phenoxy) is 2. The molecular weight excluding hydrogens is 835 g/mol. The molecule has 0 saturated carbocycles. The van der Waals surface area contributed by atoms with Gasteiger partial charge in [0.05, 0.1) is 13.2 Å². The molecule has 0 aliphatic carbocycles. The van der Waals surface area contributed by atoms with Crippen molar-refractivity contribution in [1.29, 1.82) is 0 Å². The van der Waals surface area contributed by atoms with Gasteiger partial charge in [0.2, 0.25) is 0 Å². The first-order valence-corrected chi connectivity index (χ1v) is 18.8. The third-order valence-electron chi connectivity index (χ3n) is 5.88. The summed E-state index contributed by atoms with van der Waals surface area (Å²) in [4.78, 5) is 0. The maximum atomic E-state index is 5.10. The monoisotopic (exact) mass is 945 g/mol. The second-order valence-corrected chi connectivity index (χ2v) is 15.8. The van der Waals surface area contributed by atoms with E-state index < -0.39 is 0 Å². The van der Waals surface area contributed by atoms with Crippen LogP contribution in [-0.2, 0) is 9.47 Å². The summed E-state index contributed by atoms with van der Waals surface area (Å²) in [6.45, 7) is 40.5. The van der Waals surface area contributed by atoms with Crippen molar-refractivity contribution in [3.63, 3.8) is 0 Å². The zero-order valence-electron chi connectivity index (χ0n) is 34.7. The van der Waals surface area contributed by atoms with Crippen molar-refractivity contribution >= 4 is 0 Å². The Hall–Kier alpha value is 0.972. The molecule has 0 saturated heterocycles. The predicted octanol–water partition coefficient (Wildman–Crippen LogP) is 17.4. The van der Waals surface area contributed by atoms with Gasteiger partial charge in [-0.25, -0.2) is 0 Å². The van der Waals surface area contributed by atoms with Crippen molar-refractivity contribution in [2.75, 3.05) is 26.9 Å². The first-order chi connectivity index (χ1) is 20.4. The molecule has 0 atom stereocenters. The molecule has 0 N–H and O–H groups in total. The SMILES string of the molecule is C.C.C.C.C.CC(C)C[CH-]CC(C)C.CC(C)C[CH-]CC(C)C.CC(C)C[CH-]CC(C)C.CC(C)C[CH-]CC(C)C.CCCOCCOC.[U+4]. The van der Waals surface area contributed by atoms with Crippen LogP contribution in [0.1, 0.15) is 213 Å². The molecule has 0 spiro atoms. The van der Waals surface area contributed by atoms with Crippen LogP contribution in [0, 0.1) is 104 Å². The molecule has 3 heteroatoms. The quantitative estimate of drug-likeness (QED) is 0.0843. The molecule has 0 aromatic rings. The number of hydrogen-bond acceptors (Lipinski definition) is 2. The van der Waals surface area contributed by atoms with Gasteiger partial charge in [-0.15, -0.1) is 0 Å². The molecule has 2 nitrogen and oxygen atoms in total. The van der Waals surface area contributed by atoms with Crippen LogP contribution in [-0.4, -0.2) is 26.9 Å². The molecule has 0 amide bonds. The minimum absolute atomic E-state index is 0. The van der Waals surface area contributed by atoms with Gasteiger partial charge in [-0.3, -0.25) is 0 Å². The Kier molecular flexibility index (Phi) is 103. The van der Waals surface area contributed by atoms with Gasteiger partial charge in [-0.2, -0.15) is 51.4 Å². The first-order valence-electron chi connectivity index (χ1n) is 18.8. The molecular formula is C47H110O2U. The molecule has 0 aromatic carbocycles. The van der Waals surface area contributed by atoms with E-state index in [2.05, 4.69) is 143 Å². The van der Waals surface area contributed by atoms with Gasteiger partial charge in [0.1, 0.15) is 0 Å². The fraction of sp³-hybridized carbons (Fsp3) is 0.915. The number of methoxy groups -OCH3 is 1. The molecule has 0 aromatic heterocycles. The Morgan fingerprint density at radius 3 is 0.640 bits per heavy atom. The van der Waals surface area contributed by atoms with Crippen LogP contribution in [0.25, 0.3) is 0 Å². The Morgan fingerprint density at radius 1 is 0.340 bits per heavy atom. The minimum Gasteiger partial charge on any atom is -0.382 e. The second-order valence-electron chi connectivity index (χ2n) is 15.8. The van der Waals surface area contributed by atoms with Gasteiger partial charge in [-0.05, 0) is 6.42 Å². The Morgan fingerprint density at radius 2 is 0.520 bits per heavy atom. The van der Waals surface area contributed by atoms with E-state index in [-0.39, 0.29) is 68.2 Å². The number of hydrogen-bond donors (Lipinski definition) is 0. The summed E-state index contributed by atoms with van der Waals surface area (Å²) in [5.41, 5.74) is 0. The van der Waals surface area contributed by atoms with Crippen LogP contribution in [0.15, 0.2) is 0 Å². The van der Waals surface area contributed by atoms with Gasteiger partial charge < -0.3 is 35.2 Å². The molecule has 0 aliphatic rings. The summed E-state index contributed by atoms with van der Waals surface area (Å²) in [6, 6.07) is 0. The molecule has 0 unspecified atom stereocenters. The van der Waals surface area contributed by atoms with Crippen molar-refractivity contribution in [3.8, 4) is 0 Å². The van der Waals surface area contributed by atoms with Crippen molar-refractivity contribution in [1.82, 2.24) is 0 Å². The third kappa shape index (κ3) is 125. The van der Waals surface area contributed by atoms with E-state index in [1.165, 1.54) is 51.4 Å². The summed E-state index contributed by atoms with van der Waals surface area (Å²) >= 11 is 0. The van der Waals surface area contributed by atoms with E-state index >= 15 is 0 Å². The van der Waals surface area contributed by atoms with Gasteiger partial charge in [0.15, 0.2) is 0 Å². The fourth-order valence-electron chi connectivity index (χ4n) is 3.44. The fourth-order valence-corrected chi connectivity index (χ4v) is 3.44. The van der Waals surface area contributed by atoms with Gasteiger partial charge in [-0.1, -0.05) is 202 Å². The normalized spacial score (nSPS) is 9.72. The van der Waals surface area contributed by atoms with E-state index in [4.69, 9.17) is 9.47 Å². The van der Waals surface area contributed by atoms with Crippen molar-refractivity contribution < 1.29 is 40.6 Å². The van der Waals surface area contributed by atoms with Gasteiger partial charge in [0, 0.05) is 13.7 Å². The van der Waals surface area contributed by atoms with Crippen LogP contribution in [0.2, 0.25) is 0 Å². The summed E-state index contributed by atoms with van der Waals surface area (Å²) in [7, 11) is 1.68. The Labute approximate surface area is 351 Å². The average molecular weight is 945 g/mol. The van der Waals surface area contributed by atoms with Crippen LogP contribution >= 0.6 is 0 Å². The minimum atomic E-state index is 0. The molecule has 0 radical (unpaired) electrons. The van der Waals surface area contributed by atoms with E-state index in [0.717, 1.165) is 67.0 Å². The Balaban J connectivity index is -0.0000000410. The molecule has 0 fully saturated rings. The summed E-state index contributed by atoms with van der Waals surface area (Å²) in [5.74, 6) is 6.69. The first kappa shape index (κ1) is 79.7. The standard InChI is InChI=1S/4C9H19.C6H14O2.5CH4.U/c4*1-8(2)6-5-7-9(3)4;1-3-4-8-6-5-7-2;;;;;;/h4*5,8-9H,6-7H2,1-4H3;3-6H2,1-2H3;5*1H4;/q4*-1;;;;;;;+4. The van der Waals surface area contributed by atoms with E-state index in [1.807, 2.05) is 0 Å². The van der Waals surface area contributed by atoms with Crippen LogP contribution in [0.4, 0.5) is 0 Å². The zero-order valence-corrected chi connectivity index (χ0v) is 38.9. The van der Waals surface area contributed by atoms with Crippen molar-refractivity contribution in [2.24, 2.45) is 47.3 Å². The second kappa shape index (κ2) is 64.9. The molecule has 314 valence electrons. The maximum absolute atomic E-state index is 5.10. The average Bonchev–Trinajstić information content (AvgIpc) is 2.86. The van der Waals surface area contributed by atoms with Gasteiger partial charge >= 0.3 is 31.1 Å². The predicted molar refractivity (Wildman–Crippen MR) is 239 cm³/mol. The van der Waals surface area contributed by atoms with Gasteiger partial charge in [0.25, 0.3) is 0 Å². The summed E-state index contributed by atoms with van der Waals surface area (Å²) in [6.07, 6.45) is 20.9. The van der Waals surface area contributed by atoms with E-state index in [1.54, 1.807) is 7.11 Å². The number of rotatable bonds is 21. The van der Waals surface area contributed by atoms with Crippen molar-refractivity contribution in [2.45, 2.75) is 213 Å². The summed E-state index contributed by atoms with van der Waals surface area (Å²) < 4.78 is 9.86. The van der Waals surface area contributed by atoms with Crippen molar-refractivity contribution in [3.05, 3.63) is 25.7 Å². The molecule has 0 aliphatic heterocycles. The van der Waals surface area contributed by atoms with Crippen LogP contribution in [0.3, 0.4) is 0 Å².